The van der Waals surface area contributed by atoms with Gasteiger partial charge in [-0.3, -0.25) is 0 Å². The van der Waals surface area contributed by atoms with Gasteiger partial charge < -0.3 is 4.74 Å². The van der Waals surface area contributed by atoms with Gasteiger partial charge in [-0.1, -0.05) is 12.1 Å². The molecule has 15 heavy (non-hydrogen) atoms. The highest BCUT2D eigenvalue weighted by molar-refractivity contribution is 6.17. The summed E-state index contributed by atoms with van der Waals surface area (Å²) in [4.78, 5) is 0. The van der Waals surface area contributed by atoms with Gasteiger partial charge in [0.15, 0.2) is 11.6 Å². The van der Waals surface area contributed by atoms with Gasteiger partial charge in [-0.05, 0) is 24.5 Å². The molecule has 84 valence electrons. The van der Waals surface area contributed by atoms with Crippen LogP contribution in [0, 0.1) is 5.82 Å². The fraction of sp³-hybridized carbons (Fsp3) is 0.400. The smallest absolute Gasteiger partial charge is 0.387 e. The van der Waals surface area contributed by atoms with Crippen LogP contribution >= 0.6 is 11.6 Å². The van der Waals surface area contributed by atoms with Crippen LogP contribution in [0.1, 0.15) is 12.0 Å². The summed E-state index contributed by atoms with van der Waals surface area (Å²) in [6.07, 6.45) is 1.01. The maximum Gasteiger partial charge on any atom is 0.387 e. The summed E-state index contributed by atoms with van der Waals surface area (Å²) in [7, 11) is 0. The van der Waals surface area contributed by atoms with Crippen LogP contribution in [0.4, 0.5) is 13.2 Å². The molecule has 0 saturated carbocycles. The lowest BCUT2D eigenvalue weighted by atomic mass is 10.1. The summed E-state index contributed by atoms with van der Waals surface area (Å²) in [6.45, 7) is -3.02. The maximum absolute atomic E-state index is 13.1. The van der Waals surface area contributed by atoms with E-state index in [9.17, 15) is 13.2 Å². The highest BCUT2D eigenvalue weighted by Crippen LogP contribution is 2.25. The van der Waals surface area contributed by atoms with Gasteiger partial charge in [0.1, 0.15) is 0 Å². The molecule has 0 heterocycles. The van der Waals surface area contributed by atoms with Crippen molar-refractivity contribution in [1.82, 2.24) is 0 Å². The van der Waals surface area contributed by atoms with E-state index in [1.807, 2.05) is 0 Å². The van der Waals surface area contributed by atoms with E-state index in [1.165, 1.54) is 6.07 Å². The fourth-order valence-electron chi connectivity index (χ4n) is 1.23. The Morgan fingerprint density at radius 1 is 1.33 bits per heavy atom. The molecule has 0 spiro atoms. The third-order valence-corrected chi connectivity index (χ3v) is 2.10. The highest BCUT2D eigenvalue weighted by Gasteiger charge is 2.13. The van der Waals surface area contributed by atoms with Gasteiger partial charge in [-0.25, -0.2) is 4.39 Å². The molecular formula is C10H10ClF3O. The second kappa shape index (κ2) is 5.85. The molecular weight excluding hydrogens is 229 g/mol. The molecule has 0 bridgehead atoms. The van der Waals surface area contributed by atoms with Crippen molar-refractivity contribution in [2.45, 2.75) is 19.5 Å². The van der Waals surface area contributed by atoms with E-state index in [2.05, 4.69) is 4.74 Å². The number of alkyl halides is 3. The van der Waals surface area contributed by atoms with Crippen LogP contribution in [0.25, 0.3) is 0 Å². The van der Waals surface area contributed by atoms with Gasteiger partial charge in [0, 0.05) is 5.88 Å². The molecule has 1 nitrogen and oxygen atoms in total. The number of rotatable bonds is 5. The van der Waals surface area contributed by atoms with E-state index < -0.39 is 12.4 Å². The zero-order valence-corrected chi connectivity index (χ0v) is 8.61. The Balaban J connectivity index is 2.87. The van der Waals surface area contributed by atoms with E-state index in [1.54, 1.807) is 6.07 Å². The number of para-hydroxylation sites is 1. The molecule has 1 aromatic rings. The first kappa shape index (κ1) is 12.2. The van der Waals surface area contributed by atoms with E-state index in [0.717, 1.165) is 6.07 Å². The predicted molar refractivity (Wildman–Crippen MR) is 52.1 cm³/mol. The normalized spacial score (nSPS) is 10.7. The minimum Gasteiger partial charge on any atom is -0.431 e. The van der Waals surface area contributed by atoms with Crippen LogP contribution in [-0.2, 0) is 6.42 Å². The summed E-state index contributed by atoms with van der Waals surface area (Å²) in [6, 6.07) is 4.09. The quantitative estimate of drug-likeness (QED) is 0.713. The number of benzene rings is 1. The predicted octanol–water partition coefficient (Wildman–Crippen LogP) is 3.60. The first-order valence-corrected chi connectivity index (χ1v) is 4.96. The first-order valence-electron chi connectivity index (χ1n) is 4.43. The van der Waals surface area contributed by atoms with Crippen molar-refractivity contribution >= 4 is 11.6 Å². The van der Waals surface area contributed by atoms with Crippen molar-refractivity contribution in [3.05, 3.63) is 29.6 Å². The summed E-state index contributed by atoms with van der Waals surface area (Å²) in [5.41, 5.74) is 0.413. The van der Waals surface area contributed by atoms with Gasteiger partial charge in [0.25, 0.3) is 0 Å². The lowest BCUT2D eigenvalue weighted by Gasteiger charge is -2.10. The molecule has 0 aliphatic carbocycles. The van der Waals surface area contributed by atoms with Crippen molar-refractivity contribution in [2.75, 3.05) is 5.88 Å². The zero-order valence-electron chi connectivity index (χ0n) is 7.85. The summed E-state index contributed by atoms with van der Waals surface area (Å²) >= 11 is 5.47. The summed E-state index contributed by atoms with van der Waals surface area (Å²) < 4.78 is 41.2. The fourth-order valence-corrected chi connectivity index (χ4v) is 1.36. The second-order valence-corrected chi connectivity index (χ2v) is 3.28. The Morgan fingerprint density at radius 2 is 2.07 bits per heavy atom. The molecule has 0 saturated heterocycles. The molecule has 0 aliphatic heterocycles. The molecule has 1 aromatic carbocycles. The van der Waals surface area contributed by atoms with Crippen LogP contribution in [-0.4, -0.2) is 12.5 Å². The van der Waals surface area contributed by atoms with Gasteiger partial charge in [-0.15, -0.1) is 11.6 Å². The van der Waals surface area contributed by atoms with Crippen LogP contribution in [0.2, 0.25) is 0 Å². The van der Waals surface area contributed by atoms with Crippen LogP contribution in [0.3, 0.4) is 0 Å². The molecule has 0 amide bonds. The minimum absolute atomic E-state index is 0.377. The average molecular weight is 239 g/mol. The van der Waals surface area contributed by atoms with Crippen molar-refractivity contribution in [1.29, 1.82) is 0 Å². The topological polar surface area (TPSA) is 9.23 Å². The van der Waals surface area contributed by atoms with Gasteiger partial charge >= 0.3 is 6.61 Å². The Labute approximate surface area is 90.8 Å². The lowest BCUT2D eigenvalue weighted by molar-refractivity contribution is -0.0528. The molecule has 1 rings (SSSR count). The molecule has 0 aliphatic rings. The van der Waals surface area contributed by atoms with E-state index in [0.29, 0.717) is 24.3 Å². The largest absolute Gasteiger partial charge is 0.431 e. The van der Waals surface area contributed by atoms with Gasteiger partial charge in [0.2, 0.25) is 0 Å². The van der Waals surface area contributed by atoms with Crippen molar-refractivity contribution < 1.29 is 17.9 Å². The molecule has 0 aromatic heterocycles. The first-order chi connectivity index (χ1) is 7.15. The number of aryl methyl sites for hydroxylation is 1. The minimum atomic E-state index is -3.02. The summed E-state index contributed by atoms with van der Waals surface area (Å²) in [5.74, 6) is -0.759. The number of hydrogen-bond donors (Lipinski definition) is 0. The zero-order chi connectivity index (χ0) is 11.3. The third-order valence-electron chi connectivity index (χ3n) is 1.84. The molecule has 0 unspecified atom stereocenters. The number of halogens is 4. The Kier molecular flexibility index (Phi) is 4.75. The molecule has 0 radical (unpaired) electrons. The third kappa shape index (κ3) is 3.63. The SMILES string of the molecule is Fc1cccc(CCCCl)c1OC(F)F. The van der Waals surface area contributed by atoms with Gasteiger partial charge in [-0.2, -0.15) is 8.78 Å². The Bertz CT molecular complexity index is 318. The number of hydrogen-bond acceptors (Lipinski definition) is 1. The summed E-state index contributed by atoms with van der Waals surface area (Å²) in [5, 5.41) is 0. The van der Waals surface area contributed by atoms with Crippen LogP contribution in [0.15, 0.2) is 18.2 Å². The van der Waals surface area contributed by atoms with Crippen LogP contribution in [0.5, 0.6) is 5.75 Å². The lowest BCUT2D eigenvalue weighted by Crippen LogP contribution is -2.06. The van der Waals surface area contributed by atoms with E-state index in [-0.39, 0.29) is 5.75 Å². The van der Waals surface area contributed by atoms with Crippen LogP contribution < -0.4 is 4.74 Å². The number of ether oxygens (including phenoxy) is 1. The van der Waals surface area contributed by atoms with Crippen molar-refractivity contribution in [3.8, 4) is 5.75 Å². The van der Waals surface area contributed by atoms with Crippen molar-refractivity contribution in [3.63, 3.8) is 0 Å². The van der Waals surface area contributed by atoms with Gasteiger partial charge in [0.05, 0.1) is 0 Å². The van der Waals surface area contributed by atoms with E-state index >= 15 is 0 Å². The van der Waals surface area contributed by atoms with E-state index in [4.69, 9.17) is 11.6 Å². The second-order valence-electron chi connectivity index (χ2n) is 2.90. The maximum atomic E-state index is 13.1. The molecule has 5 heteroatoms. The monoisotopic (exact) mass is 238 g/mol. The Morgan fingerprint density at radius 3 is 2.67 bits per heavy atom. The van der Waals surface area contributed by atoms with Crippen molar-refractivity contribution in [2.24, 2.45) is 0 Å². The molecule has 0 N–H and O–H groups in total. The average Bonchev–Trinajstić information content (AvgIpc) is 2.18. The molecule has 0 fully saturated rings. The molecule has 0 atom stereocenters. The Hall–Kier alpha value is -0.900. The standard InChI is InChI=1S/C10H10ClF3O/c11-6-2-4-7-3-1-5-8(12)9(7)15-10(13)14/h1,3,5,10H,2,4,6H2. The highest BCUT2D eigenvalue weighted by atomic mass is 35.5.